The molecule has 0 saturated carbocycles. The first-order valence-corrected chi connectivity index (χ1v) is 7.17. The van der Waals surface area contributed by atoms with Crippen LogP contribution in [0.15, 0.2) is 30.5 Å². The highest BCUT2D eigenvalue weighted by molar-refractivity contribution is 9.08. The van der Waals surface area contributed by atoms with Crippen molar-refractivity contribution in [1.29, 1.82) is 0 Å². The van der Waals surface area contributed by atoms with Crippen molar-refractivity contribution in [2.24, 2.45) is 0 Å². The third kappa shape index (κ3) is 3.03. The van der Waals surface area contributed by atoms with E-state index < -0.39 is 6.43 Å². The Bertz CT molecular complexity index is 564. The first-order chi connectivity index (χ1) is 9.02. The summed E-state index contributed by atoms with van der Waals surface area (Å²) >= 11 is 3.37. The monoisotopic (exact) mass is 328 g/mol. The molecule has 0 aliphatic rings. The first-order valence-electron chi connectivity index (χ1n) is 6.05. The quantitative estimate of drug-likeness (QED) is 0.725. The second-order valence-corrected chi connectivity index (χ2v) is 5.20. The number of benzene rings is 1. The third-order valence-corrected chi connectivity index (χ3v) is 3.53. The molecule has 5 heteroatoms. The molecule has 0 N–H and O–H groups in total. The van der Waals surface area contributed by atoms with Gasteiger partial charge in [0.1, 0.15) is 5.69 Å². The lowest BCUT2D eigenvalue weighted by atomic mass is 10.1. The van der Waals surface area contributed by atoms with E-state index in [0.29, 0.717) is 11.0 Å². The summed E-state index contributed by atoms with van der Waals surface area (Å²) in [5.74, 6) is 0. The van der Waals surface area contributed by atoms with Gasteiger partial charge in [-0.2, -0.15) is 5.10 Å². The van der Waals surface area contributed by atoms with E-state index in [2.05, 4.69) is 21.0 Å². The topological polar surface area (TPSA) is 17.8 Å². The van der Waals surface area contributed by atoms with E-state index in [9.17, 15) is 8.78 Å². The summed E-state index contributed by atoms with van der Waals surface area (Å²) in [7, 11) is 0. The molecule has 0 bridgehead atoms. The highest BCUT2D eigenvalue weighted by atomic mass is 79.9. The summed E-state index contributed by atoms with van der Waals surface area (Å²) in [6, 6.07) is 7.55. The van der Waals surface area contributed by atoms with Crippen molar-refractivity contribution in [3.63, 3.8) is 0 Å². The Morgan fingerprint density at radius 3 is 2.63 bits per heavy atom. The average Bonchev–Trinajstić information content (AvgIpc) is 2.84. The minimum atomic E-state index is -2.52. The molecule has 19 heavy (non-hydrogen) atoms. The summed E-state index contributed by atoms with van der Waals surface area (Å²) in [6.07, 6.45) is -1.08. The largest absolute Gasteiger partial charge is 0.269 e. The van der Waals surface area contributed by atoms with E-state index in [1.807, 2.05) is 38.1 Å². The van der Waals surface area contributed by atoms with Crippen molar-refractivity contribution in [3.05, 3.63) is 41.6 Å². The maximum absolute atomic E-state index is 13.1. The molecule has 0 aliphatic heterocycles. The Hall–Kier alpha value is -1.23. The van der Waals surface area contributed by atoms with Crippen LogP contribution >= 0.6 is 15.9 Å². The molecule has 102 valence electrons. The van der Waals surface area contributed by atoms with E-state index in [1.54, 1.807) is 4.68 Å². The molecule has 0 radical (unpaired) electrons. The molecular weight excluding hydrogens is 314 g/mol. The number of halogens is 3. The highest BCUT2D eigenvalue weighted by Crippen LogP contribution is 2.31. The van der Waals surface area contributed by atoms with Crippen LogP contribution in [0.25, 0.3) is 11.3 Å². The Balaban J connectivity index is 2.53. The summed E-state index contributed by atoms with van der Waals surface area (Å²) in [4.78, 5) is 0. The predicted molar refractivity (Wildman–Crippen MR) is 75.6 cm³/mol. The molecular formula is C14H15BrF2N2. The number of hydrogen-bond donors (Lipinski definition) is 0. The smallest absolute Gasteiger partial charge is 0.267 e. The van der Waals surface area contributed by atoms with Gasteiger partial charge in [0.2, 0.25) is 0 Å². The lowest BCUT2D eigenvalue weighted by Gasteiger charge is -2.04. The molecule has 2 rings (SSSR count). The highest BCUT2D eigenvalue weighted by Gasteiger charge is 2.20. The van der Waals surface area contributed by atoms with Gasteiger partial charge in [-0.05, 0) is 25.5 Å². The van der Waals surface area contributed by atoms with Crippen LogP contribution in [-0.2, 0) is 5.33 Å². The predicted octanol–water partition coefficient (Wildman–Crippen LogP) is 4.96. The number of rotatable bonds is 4. The SMILES string of the molecule is CC(C)n1cc(C(F)F)c(-c2cccc(CBr)c2)n1. The van der Waals surface area contributed by atoms with Gasteiger partial charge >= 0.3 is 0 Å². The lowest BCUT2D eigenvalue weighted by Crippen LogP contribution is -2.00. The molecule has 2 aromatic rings. The van der Waals surface area contributed by atoms with E-state index in [4.69, 9.17) is 0 Å². The van der Waals surface area contributed by atoms with E-state index in [0.717, 1.165) is 11.1 Å². The number of nitrogens with zero attached hydrogens (tertiary/aromatic N) is 2. The van der Waals surface area contributed by atoms with Gasteiger partial charge in [0, 0.05) is 23.1 Å². The van der Waals surface area contributed by atoms with Gasteiger partial charge in [-0.25, -0.2) is 8.78 Å². The van der Waals surface area contributed by atoms with Crippen molar-refractivity contribution in [2.75, 3.05) is 0 Å². The van der Waals surface area contributed by atoms with Crippen LogP contribution in [0.1, 0.15) is 37.4 Å². The van der Waals surface area contributed by atoms with Crippen molar-refractivity contribution in [2.45, 2.75) is 31.6 Å². The van der Waals surface area contributed by atoms with Crippen LogP contribution in [0.3, 0.4) is 0 Å². The molecule has 1 heterocycles. The minimum absolute atomic E-state index is 0.0135. The second kappa shape index (κ2) is 5.82. The lowest BCUT2D eigenvalue weighted by molar-refractivity contribution is 0.152. The molecule has 0 aliphatic carbocycles. The summed E-state index contributed by atoms with van der Waals surface area (Å²) < 4.78 is 27.8. The zero-order valence-electron chi connectivity index (χ0n) is 10.8. The molecule has 1 aromatic heterocycles. The Morgan fingerprint density at radius 2 is 2.05 bits per heavy atom. The van der Waals surface area contributed by atoms with Crippen LogP contribution in [-0.4, -0.2) is 9.78 Å². The summed E-state index contributed by atoms with van der Waals surface area (Å²) in [5.41, 5.74) is 2.12. The van der Waals surface area contributed by atoms with Gasteiger partial charge in [0.25, 0.3) is 6.43 Å². The standard InChI is InChI=1S/C14H15BrF2N2/c1-9(2)19-8-12(14(16)17)13(18-19)11-5-3-4-10(6-11)7-15/h3-6,8-9,14H,7H2,1-2H3. The van der Waals surface area contributed by atoms with Crippen LogP contribution in [0.4, 0.5) is 8.78 Å². The molecule has 2 nitrogen and oxygen atoms in total. The minimum Gasteiger partial charge on any atom is -0.269 e. The van der Waals surface area contributed by atoms with E-state index in [-0.39, 0.29) is 11.6 Å². The van der Waals surface area contributed by atoms with Crippen molar-refractivity contribution in [3.8, 4) is 11.3 Å². The van der Waals surface area contributed by atoms with Crippen molar-refractivity contribution < 1.29 is 8.78 Å². The van der Waals surface area contributed by atoms with Crippen LogP contribution in [0.5, 0.6) is 0 Å². The number of aromatic nitrogens is 2. The Labute approximate surface area is 119 Å². The fourth-order valence-electron chi connectivity index (χ4n) is 1.86. The van der Waals surface area contributed by atoms with Gasteiger partial charge in [0.05, 0.1) is 5.56 Å². The van der Waals surface area contributed by atoms with E-state index in [1.165, 1.54) is 6.20 Å². The third-order valence-electron chi connectivity index (χ3n) is 2.88. The van der Waals surface area contributed by atoms with Crippen LogP contribution in [0.2, 0.25) is 0 Å². The Kier molecular flexibility index (Phi) is 4.34. The van der Waals surface area contributed by atoms with Crippen LogP contribution < -0.4 is 0 Å². The summed E-state index contributed by atoms with van der Waals surface area (Å²) in [5, 5.41) is 4.99. The van der Waals surface area contributed by atoms with Gasteiger partial charge in [-0.1, -0.05) is 34.1 Å². The number of alkyl halides is 3. The number of hydrogen-bond acceptors (Lipinski definition) is 1. The second-order valence-electron chi connectivity index (χ2n) is 4.64. The first kappa shape index (κ1) is 14.2. The van der Waals surface area contributed by atoms with Crippen LogP contribution in [0, 0.1) is 0 Å². The van der Waals surface area contributed by atoms with E-state index >= 15 is 0 Å². The van der Waals surface area contributed by atoms with Gasteiger partial charge in [-0.15, -0.1) is 0 Å². The van der Waals surface area contributed by atoms with Gasteiger partial charge < -0.3 is 0 Å². The fraction of sp³-hybridized carbons (Fsp3) is 0.357. The molecule has 0 spiro atoms. The normalized spacial score (nSPS) is 11.5. The molecule has 0 atom stereocenters. The van der Waals surface area contributed by atoms with Gasteiger partial charge in [-0.3, -0.25) is 4.68 Å². The fourth-order valence-corrected chi connectivity index (χ4v) is 2.20. The molecule has 0 unspecified atom stereocenters. The molecule has 0 fully saturated rings. The summed E-state index contributed by atoms with van der Waals surface area (Å²) in [6.45, 7) is 3.84. The zero-order chi connectivity index (χ0) is 14.0. The molecule has 0 amide bonds. The maximum Gasteiger partial charge on any atom is 0.267 e. The molecule has 1 aromatic carbocycles. The maximum atomic E-state index is 13.1. The molecule has 0 saturated heterocycles. The zero-order valence-corrected chi connectivity index (χ0v) is 12.4. The average molecular weight is 329 g/mol. The van der Waals surface area contributed by atoms with Gasteiger partial charge in [0.15, 0.2) is 0 Å². The van der Waals surface area contributed by atoms with Crippen molar-refractivity contribution >= 4 is 15.9 Å². The Morgan fingerprint density at radius 1 is 1.32 bits per heavy atom. The van der Waals surface area contributed by atoms with Crippen molar-refractivity contribution in [1.82, 2.24) is 9.78 Å².